The highest BCUT2D eigenvalue weighted by Crippen LogP contribution is 2.36. The fourth-order valence-corrected chi connectivity index (χ4v) is 4.92. The Bertz CT molecular complexity index is 1030. The van der Waals surface area contributed by atoms with Crippen LogP contribution in [0, 0.1) is 13.8 Å². The van der Waals surface area contributed by atoms with Crippen LogP contribution in [0.15, 0.2) is 41.3 Å². The van der Waals surface area contributed by atoms with Crippen molar-refractivity contribution in [3.63, 3.8) is 0 Å². The number of piperidine rings is 1. The number of anilines is 2. The quantitative estimate of drug-likeness (QED) is 0.785. The number of fused-ring (bicyclic) bond motifs is 1. The monoisotopic (exact) mass is 437 g/mol. The number of thioether (sulfide) groups is 1. The van der Waals surface area contributed by atoms with Crippen molar-refractivity contribution < 1.29 is 14.4 Å². The van der Waals surface area contributed by atoms with Gasteiger partial charge in [-0.1, -0.05) is 12.1 Å². The van der Waals surface area contributed by atoms with Gasteiger partial charge in [0.2, 0.25) is 11.8 Å². The molecule has 0 aromatic heterocycles. The molecule has 6 nitrogen and oxygen atoms in total. The number of hydrogen-bond acceptors (Lipinski definition) is 4. The molecule has 0 atom stereocenters. The Labute approximate surface area is 187 Å². The Balaban J connectivity index is 1.55. The van der Waals surface area contributed by atoms with E-state index in [1.165, 1.54) is 16.7 Å². The lowest BCUT2D eigenvalue weighted by molar-refractivity contribution is -0.120. The maximum Gasteiger partial charge on any atom is 0.253 e. The molecule has 0 unspecified atom stereocenters. The molecule has 0 radical (unpaired) electrons. The van der Waals surface area contributed by atoms with E-state index < -0.39 is 0 Å². The number of aryl methyl sites for hydroxylation is 1. The molecule has 0 saturated carbocycles. The second kappa shape index (κ2) is 9.14. The van der Waals surface area contributed by atoms with E-state index in [1.54, 1.807) is 6.07 Å². The van der Waals surface area contributed by atoms with Crippen molar-refractivity contribution in [1.82, 2.24) is 4.90 Å². The molecular weight excluding hydrogens is 410 g/mol. The van der Waals surface area contributed by atoms with Crippen LogP contribution in [0.3, 0.4) is 0 Å². The zero-order valence-electron chi connectivity index (χ0n) is 17.9. The van der Waals surface area contributed by atoms with Gasteiger partial charge >= 0.3 is 0 Å². The van der Waals surface area contributed by atoms with Crippen molar-refractivity contribution >= 4 is 40.9 Å². The van der Waals surface area contributed by atoms with Gasteiger partial charge in [0.1, 0.15) is 6.54 Å². The molecule has 1 fully saturated rings. The minimum atomic E-state index is -0.257. The van der Waals surface area contributed by atoms with Crippen LogP contribution in [0.4, 0.5) is 11.4 Å². The number of likely N-dealkylation sites (tertiary alicyclic amines) is 1. The van der Waals surface area contributed by atoms with Gasteiger partial charge < -0.3 is 15.1 Å². The summed E-state index contributed by atoms with van der Waals surface area (Å²) in [5, 5.41) is 2.92. The lowest BCUT2D eigenvalue weighted by Crippen LogP contribution is -2.41. The summed E-state index contributed by atoms with van der Waals surface area (Å²) in [6, 6.07) is 11.2. The molecular formula is C24H27N3O3S. The number of nitrogens with one attached hydrogen (secondary N) is 1. The second-order valence-corrected chi connectivity index (χ2v) is 9.12. The molecule has 2 heterocycles. The van der Waals surface area contributed by atoms with Crippen LogP contribution >= 0.6 is 11.8 Å². The third kappa shape index (κ3) is 4.61. The molecule has 2 aromatic rings. The maximum atomic E-state index is 12.9. The summed E-state index contributed by atoms with van der Waals surface area (Å²) >= 11 is 1.44. The number of carbonyl (C=O) groups excluding carboxylic acids is 3. The van der Waals surface area contributed by atoms with Gasteiger partial charge in [0.25, 0.3) is 5.91 Å². The predicted molar refractivity (Wildman–Crippen MR) is 124 cm³/mol. The molecule has 1 saturated heterocycles. The van der Waals surface area contributed by atoms with Crippen LogP contribution in [0.5, 0.6) is 0 Å². The topological polar surface area (TPSA) is 69.7 Å². The number of hydrogen-bond donors (Lipinski definition) is 1. The Morgan fingerprint density at radius 3 is 2.61 bits per heavy atom. The minimum absolute atomic E-state index is 0.00897. The highest BCUT2D eigenvalue weighted by Gasteiger charge is 2.28. The van der Waals surface area contributed by atoms with E-state index in [9.17, 15) is 14.4 Å². The van der Waals surface area contributed by atoms with Crippen LogP contribution in [0.1, 0.15) is 40.7 Å². The zero-order chi connectivity index (χ0) is 22.0. The van der Waals surface area contributed by atoms with E-state index in [-0.39, 0.29) is 30.0 Å². The molecule has 0 spiro atoms. The van der Waals surface area contributed by atoms with Gasteiger partial charge in [-0.2, -0.15) is 0 Å². The predicted octanol–water partition coefficient (Wildman–Crippen LogP) is 4.01. The summed E-state index contributed by atoms with van der Waals surface area (Å²) in [6.45, 7) is 5.41. The number of carbonyl (C=O) groups is 3. The third-order valence-electron chi connectivity index (χ3n) is 5.97. The Morgan fingerprint density at radius 1 is 1.06 bits per heavy atom. The lowest BCUT2D eigenvalue weighted by atomic mass is 10.1. The van der Waals surface area contributed by atoms with Crippen LogP contribution in [0.2, 0.25) is 0 Å². The summed E-state index contributed by atoms with van der Waals surface area (Å²) in [4.78, 5) is 42.7. The van der Waals surface area contributed by atoms with E-state index in [2.05, 4.69) is 5.32 Å². The van der Waals surface area contributed by atoms with Gasteiger partial charge in [0.05, 0.1) is 11.4 Å². The highest BCUT2D eigenvalue weighted by molar-refractivity contribution is 8.00. The largest absolute Gasteiger partial charge is 0.339 e. The normalized spacial score (nSPS) is 16.1. The molecule has 2 aromatic carbocycles. The fourth-order valence-electron chi connectivity index (χ4n) is 4.01. The Morgan fingerprint density at radius 2 is 1.84 bits per heavy atom. The molecule has 1 N–H and O–H groups in total. The Kier molecular flexibility index (Phi) is 6.32. The number of benzene rings is 2. The van der Waals surface area contributed by atoms with Crippen molar-refractivity contribution in [3.05, 3.63) is 53.1 Å². The van der Waals surface area contributed by atoms with E-state index in [0.717, 1.165) is 54.1 Å². The smallest absolute Gasteiger partial charge is 0.253 e. The van der Waals surface area contributed by atoms with Crippen molar-refractivity contribution in [2.45, 2.75) is 38.0 Å². The first-order chi connectivity index (χ1) is 14.9. The average molecular weight is 438 g/mol. The molecule has 0 aliphatic carbocycles. The first kappa shape index (κ1) is 21.4. The Hall–Kier alpha value is -2.80. The molecule has 162 valence electrons. The first-order valence-electron chi connectivity index (χ1n) is 10.7. The molecule has 2 aliphatic rings. The fraction of sp³-hybridized carbons (Fsp3) is 0.375. The first-order valence-corrected chi connectivity index (χ1v) is 11.6. The summed E-state index contributed by atoms with van der Waals surface area (Å²) < 4.78 is 0. The summed E-state index contributed by atoms with van der Waals surface area (Å²) in [5.41, 5.74) is 4.05. The summed E-state index contributed by atoms with van der Waals surface area (Å²) in [6.07, 6.45) is 3.20. The van der Waals surface area contributed by atoms with Crippen LogP contribution in [-0.4, -0.2) is 48.0 Å². The van der Waals surface area contributed by atoms with Crippen molar-refractivity contribution in [1.29, 1.82) is 0 Å². The molecule has 31 heavy (non-hydrogen) atoms. The number of rotatable bonds is 4. The van der Waals surface area contributed by atoms with E-state index in [1.807, 2.05) is 49.1 Å². The summed E-state index contributed by atoms with van der Waals surface area (Å²) in [7, 11) is 0. The second-order valence-electron chi connectivity index (χ2n) is 8.10. The van der Waals surface area contributed by atoms with Crippen LogP contribution in [-0.2, 0) is 9.59 Å². The lowest BCUT2D eigenvalue weighted by Gasteiger charge is -2.30. The van der Waals surface area contributed by atoms with Gasteiger partial charge in [-0.25, -0.2) is 0 Å². The van der Waals surface area contributed by atoms with E-state index in [0.29, 0.717) is 11.3 Å². The van der Waals surface area contributed by atoms with E-state index >= 15 is 0 Å². The van der Waals surface area contributed by atoms with Gasteiger partial charge in [-0.05, 0) is 68.5 Å². The van der Waals surface area contributed by atoms with E-state index in [4.69, 9.17) is 0 Å². The third-order valence-corrected chi connectivity index (χ3v) is 7.02. The van der Waals surface area contributed by atoms with Gasteiger partial charge in [-0.15, -0.1) is 11.8 Å². The van der Waals surface area contributed by atoms with Crippen LogP contribution < -0.4 is 10.2 Å². The zero-order valence-corrected chi connectivity index (χ0v) is 18.8. The number of amides is 3. The standard InChI is InChI=1S/C24H27N3O3S/c1-16-7-6-8-19(17(16)2)25-22(28)14-27-20-13-18(9-10-21(20)31-15-23(27)29)24(30)26-11-4-3-5-12-26/h6-10,13H,3-5,11-12,14-15H2,1-2H3,(H,25,28). The van der Waals surface area contributed by atoms with Crippen molar-refractivity contribution in [2.75, 3.05) is 35.6 Å². The summed E-state index contributed by atoms with van der Waals surface area (Å²) in [5.74, 6) is -0.113. The maximum absolute atomic E-state index is 12.9. The van der Waals surface area contributed by atoms with Crippen LogP contribution in [0.25, 0.3) is 0 Å². The molecule has 2 aliphatic heterocycles. The average Bonchev–Trinajstić information content (AvgIpc) is 2.78. The molecule has 3 amide bonds. The number of nitrogens with zero attached hydrogens (tertiary/aromatic N) is 2. The van der Waals surface area contributed by atoms with Gasteiger partial charge in [-0.3, -0.25) is 14.4 Å². The minimum Gasteiger partial charge on any atom is -0.339 e. The highest BCUT2D eigenvalue weighted by atomic mass is 32.2. The van der Waals surface area contributed by atoms with Crippen molar-refractivity contribution in [3.8, 4) is 0 Å². The SMILES string of the molecule is Cc1cccc(NC(=O)CN2C(=O)CSc3ccc(C(=O)N4CCCCC4)cc32)c1C. The molecule has 7 heteroatoms. The molecule has 0 bridgehead atoms. The van der Waals surface area contributed by atoms with Crippen molar-refractivity contribution in [2.24, 2.45) is 0 Å². The van der Waals surface area contributed by atoms with Gasteiger partial charge in [0, 0.05) is 29.2 Å². The van der Waals surface area contributed by atoms with Gasteiger partial charge in [0.15, 0.2) is 0 Å². The molecule has 4 rings (SSSR count).